The monoisotopic (exact) mass is 2010 g/mol. The van der Waals surface area contributed by atoms with E-state index in [9.17, 15) is 43.2 Å². The zero-order valence-corrected chi connectivity index (χ0v) is 94.9. The molecule has 0 aromatic heterocycles. The van der Waals surface area contributed by atoms with E-state index in [1.807, 2.05) is 0 Å². The summed E-state index contributed by atoms with van der Waals surface area (Å²) in [5.41, 5.74) is 0. The summed E-state index contributed by atoms with van der Waals surface area (Å²) in [6.45, 7) is 36.9. The standard InChI is InChI=1S/C121H227N3O18/c1-14-26-76-107(68-20-7)137-113(125)82-52-42-32-37-47-59-88-122(89-60-48-38-33-43-53-83-114(126)138-108(69-21-8)77-27-15-2)94-65-97-134-119(131)104-100-105(120(132)135-98-66-95-123(90-61-49-39-34-44-54-84-115(127)139-109(70-22-9)78-28-16-3)91-62-50-40-35-45-55-85-116(128)140-110(71-23-10)79-29-17-4)102-106(101-104)121(133)136-99-67-96-124(92-63-51-41-36-46-56-86-117(129)141-111(72-24-11)80-30-18-5)93-64-75-103(13)74-57-58-87-118(130)142-112(73-25-12)81-31-19-6/h103-112H,14-102H2,1-13H3. The lowest BCUT2D eigenvalue weighted by Crippen LogP contribution is -2.37. The highest BCUT2D eigenvalue weighted by Crippen LogP contribution is 2.37. The van der Waals surface area contributed by atoms with Crippen LogP contribution >= 0.6 is 0 Å². The zero-order chi connectivity index (χ0) is 104. The lowest BCUT2D eigenvalue weighted by atomic mass is 9.75. The Hall–Kier alpha value is -4.89. The third-order valence-corrected chi connectivity index (χ3v) is 29.1. The number of nitrogens with zero attached hydrogens (tertiary/aromatic N) is 3. The quantitative estimate of drug-likeness (QED) is 0.0312. The van der Waals surface area contributed by atoms with Gasteiger partial charge in [-0.05, 0) is 244 Å². The topological polar surface area (TPSA) is 246 Å². The molecule has 0 aromatic rings. The van der Waals surface area contributed by atoms with Gasteiger partial charge in [-0.15, -0.1) is 0 Å². The molecular weight excluding hydrogens is 1780 g/mol. The van der Waals surface area contributed by atoms with Crippen molar-refractivity contribution in [2.24, 2.45) is 23.7 Å². The van der Waals surface area contributed by atoms with Gasteiger partial charge in [0.1, 0.15) is 36.6 Å². The summed E-state index contributed by atoms with van der Waals surface area (Å²) in [5, 5.41) is 0. The second kappa shape index (κ2) is 98.1. The molecule has 834 valence electrons. The molecule has 0 aliphatic heterocycles. The number of hydrogen-bond donors (Lipinski definition) is 0. The Morgan fingerprint density at radius 2 is 0.359 bits per heavy atom. The molecule has 21 heteroatoms. The maximum absolute atomic E-state index is 14.7. The van der Waals surface area contributed by atoms with Crippen LogP contribution in [-0.2, 0) is 85.8 Å². The van der Waals surface area contributed by atoms with Crippen LogP contribution in [0.15, 0.2) is 0 Å². The first kappa shape index (κ1) is 135. The number of rotatable bonds is 105. The Labute approximate surface area is 872 Å². The molecule has 0 heterocycles. The Morgan fingerprint density at radius 3 is 0.556 bits per heavy atom. The Kier molecular flexibility index (Phi) is 93.4. The van der Waals surface area contributed by atoms with Crippen LogP contribution in [0.25, 0.3) is 0 Å². The first-order valence-corrected chi connectivity index (χ1v) is 61.0. The van der Waals surface area contributed by atoms with Crippen molar-refractivity contribution >= 4 is 53.7 Å². The molecule has 1 fully saturated rings. The van der Waals surface area contributed by atoms with Crippen LogP contribution in [0.3, 0.4) is 0 Å². The number of unbranched alkanes of at least 4 members (excludes halogenated alkanes) is 32. The maximum Gasteiger partial charge on any atom is 0.308 e. The van der Waals surface area contributed by atoms with E-state index in [2.05, 4.69) is 105 Å². The maximum atomic E-state index is 14.7. The highest BCUT2D eigenvalue weighted by molar-refractivity contribution is 5.80. The van der Waals surface area contributed by atoms with E-state index >= 15 is 0 Å². The minimum absolute atomic E-state index is 0.0277. The van der Waals surface area contributed by atoms with Crippen molar-refractivity contribution in [3.8, 4) is 0 Å². The second-order valence-corrected chi connectivity index (χ2v) is 43.0. The van der Waals surface area contributed by atoms with Gasteiger partial charge in [-0.1, -0.05) is 347 Å². The molecule has 1 aliphatic carbocycles. The van der Waals surface area contributed by atoms with Crippen molar-refractivity contribution in [1.82, 2.24) is 14.7 Å². The van der Waals surface area contributed by atoms with Crippen LogP contribution in [0.1, 0.15) is 584 Å². The molecule has 21 nitrogen and oxygen atoms in total. The highest BCUT2D eigenvalue weighted by atomic mass is 16.6. The van der Waals surface area contributed by atoms with Crippen LogP contribution < -0.4 is 0 Å². The minimum Gasteiger partial charge on any atom is -0.465 e. The molecule has 1 rings (SSSR count). The van der Waals surface area contributed by atoms with Gasteiger partial charge < -0.3 is 57.3 Å². The van der Waals surface area contributed by atoms with Crippen LogP contribution in [0.2, 0.25) is 0 Å². The molecule has 1 aliphatic rings. The van der Waals surface area contributed by atoms with E-state index in [1.165, 1.54) is 0 Å². The summed E-state index contributed by atoms with van der Waals surface area (Å²) in [7, 11) is 0. The fourth-order valence-electron chi connectivity index (χ4n) is 20.3. The van der Waals surface area contributed by atoms with Gasteiger partial charge in [-0.25, -0.2) is 0 Å². The van der Waals surface area contributed by atoms with E-state index in [1.54, 1.807) is 0 Å². The predicted octanol–water partition coefficient (Wildman–Crippen LogP) is 31.8. The summed E-state index contributed by atoms with van der Waals surface area (Å²) in [4.78, 5) is 128. The molecule has 9 atom stereocenters. The summed E-state index contributed by atoms with van der Waals surface area (Å²) in [6.07, 6.45) is 71.9. The molecule has 0 amide bonds. The van der Waals surface area contributed by atoms with Crippen LogP contribution in [0.4, 0.5) is 0 Å². The van der Waals surface area contributed by atoms with E-state index in [4.69, 9.17) is 42.6 Å². The number of carbonyl (C=O) groups is 9. The second-order valence-electron chi connectivity index (χ2n) is 43.0. The normalized spacial score (nSPS) is 15.3. The molecule has 1 saturated carbocycles. The van der Waals surface area contributed by atoms with Gasteiger partial charge in [0.25, 0.3) is 0 Å². The molecule has 0 saturated heterocycles. The smallest absolute Gasteiger partial charge is 0.308 e. The van der Waals surface area contributed by atoms with Crippen molar-refractivity contribution in [3.05, 3.63) is 0 Å². The molecule has 0 N–H and O–H groups in total. The van der Waals surface area contributed by atoms with Gasteiger partial charge in [-0.2, -0.15) is 0 Å². The average molecular weight is 2010 g/mol. The lowest BCUT2D eigenvalue weighted by Gasteiger charge is -2.31. The van der Waals surface area contributed by atoms with Crippen LogP contribution in [0, 0.1) is 23.7 Å². The molecule has 9 unspecified atom stereocenters. The van der Waals surface area contributed by atoms with Crippen molar-refractivity contribution in [3.63, 3.8) is 0 Å². The lowest BCUT2D eigenvalue weighted by molar-refractivity contribution is -0.162. The fourth-order valence-corrected chi connectivity index (χ4v) is 20.3. The SMILES string of the molecule is CCCCC(CCC)OC(=O)CCCCCCCCN(CCCCCCCCC(=O)OC(CCC)CCCC)CCCOC(=O)C1CC(C(=O)OCCCN(CCCCCCCCC(=O)OC(CCC)CCCC)CCCCCCCCC(=O)OC(CCC)CCCC)CC(C(=O)OCCCN(CCCCCCCCC(=O)OC(CCC)CCCC)CCCC(C)CCCCC(=O)OC(CCC)CCCC)C1. The summed E-state index contributed by atoms with van der Waals surface area (Å²) in [6, 6.07) is 0. The average Bonchev–Trinajstić information content (AvgIpc) is 0.824. The Bertz CT molecular complexity index is 2730. The largest absolute Gasteiger partial charge is 0.465 e. The third kappa shape index (κ3) is 80.2. The molecule has 0 aromatic carbocycles. The number of hydrogen-bond acceptors (Lipinski definition) is 21. The molecule has 0 radical (unpaired) electrons. The van der Waals surface area contributed by atoms with Crippen molar-refractivity contribution < 1.29 is 85.8 Å². The molecule has 0 bridgehead atoms. The van der Waals surface area contributed by atoms with Crippen LogP contribution in [-0.4, -0.2) is 184 Å². The van der Waals surface area contributed by atoms with E-state index in [0.29, 0.717) is 63.7 Å². The van der Waals surface area contributed by atoms with Gasteiger partial charge in [0.2, 0.25) is 0 Å². The summed E-state index contributed by atoms with van der Waals surface area (Å²) >= 11 is 0. The minimum atomic E-state index is -0.688. The highest BCUT2D eigenvalue weighted by Gasteiger charge is 2.41. The van der Waals surface area contributed by atoms with Crippen LogP contribution in [0.5, 0.6) is 0 Å². The zero-order valence-electron chi connectivity index (χ0n) is 94.9. The summed E-state index contributed by atoms with van der Waals surface area (Å²) in [5.74, 6) is -3.07. The van der Waals surface area contributed by atoms with Gasteiger partial charge in [-0.3, -0.25) is 43.2 Å². The first-order chi connectivity index (χ1) is 69.2. The van der Waals surface area contributed by atoms with Crippen molar-refractivity contribution in [2.45, 2.75) is 621 Å². The van der Waals surface area contributed by atoms with E-state index in [0.717, 1.165) is 476 Å². The predicted molar refractivity (Wildman–Crippen MR) is 585 cm³/mol. The molecule has 142 heavy (non-hydrogen) atoms. The van der Waals surface area contributed by atoms with Gasteiger partial charge >= 0.3 is 53.7 Å². The number of carbonyl (C=O) groups excluding carboxylic acids is 9. The Morgan fingerprint density at radius 1 is 0.190 bits per heavy atom. The fraction of sp³-hybridized carbons (Fsp3) is 0.926. The van der Waals surface area contributed by atoms with Crippen molar-refractivity contribution in [2.75, 3.05) is 78.7 Å². The molecular formula is C121H227N3O18. The van der Waals surface area contributed by atoms with E-state index < -0.39 is 17.8 Å². The van der Waals surface area contributed by atoms with E-state index in [-0.39, 0.29) is 129 Å². The molecule has 0 spiro atoms. The summed E-state index contributed by atoms with van der Waals surface area (Å²) < 4.78 is 54.1. The first-order valence-electron chi connectivity index (χ1n) is 61.0. The van der Waals surface area contributed by atoms with Crippen molar-refractivity contribution in [1.29, 1.82) is 0 Å². The Balaban J connectivity index is 3.49. The van der Waals surface area contributed by atoms with Gasteiger partial charge in [0.15, 0.2) is 0 Å². The number of esters is 9. The van der Waals surface area contributed by atoms with Gasteiger partial charge in [0.05, 0.1) is 37.6 Å². The third-order valence-electron chi connectivity index (χ3n) is 29.1. The van der Waals surface area contributed by atoms with Gasteiger partial charge in [0, 0.05) is 58.2 Å². The number of ether oxygens (including phenoxy) is 9.